The number of carbonyl (C=O) groups excluding carboxylic acids is 1. The molecular weight excluding hydrogens is 457 g/mol. The fraction of sp³-hybridized carbons (Fsp3) is 0.444. The Kier molecular flexibility index (Phi) is 19.2. The number of aliphatic carboxylic acids is 1. The molecule has 0 aliphatic heterocycles. The predicted octanol–water partition coefficient (Wildman–Crippen LogP) is 5.48. The van der Waals surface area contributed by atoms with E-state index in [0.717, 1.165) is 47.0 Å². The lowest BCUT2D eigenvalue weighted by Gasteiger charge is -1.97. The highest BCUT2D eigenvalue weighted by Gasteiger charge is 2.03. The summed E-state index contributed by atoms with van der Waals surface area (Å²) in [5.41, 5.74) is 2.01. The first-order valence-electron chi connectivity index (χ1n) is 8.25. The molecule has 152 valence electrons. The summed E-state index contributed by atoms with van der Waals surface area (Å²) < 4.78 is 0. The van der Waals surface area contributed by atoms with Crippen molar-refractivity contribution in [1.29, 1.82) is 0 Å². The Balaban J connectivity index is 0.000000419. The number of hydrogen-bond acceptors (Lipinski definition) is 8. The summed E-state index contributed by atoms with van der Waals surface area (Å²) in [6, 6.07) is 3.82. The van der Waals surface area contributed by atoms with Crippen molar-refractivity contribution in [2.45, 2.75) is 25.7 Å². The van der Waals surface area contributed by atoms with Crippen LogP contribution in [0.15, 0.2) is 33.7 Å². The number of carboxylic acid groups (broad SMARTS) is 1. The quantitative estimate of drug-likeness (QED) is 0.282. The first kappa shape index (κ1) is 26.9. The van der Waals surface area contributed by atoms with Crippen LogP contribution < -0.4 is 0 Å². The molecule has 0 aliphatic rings. The summed E-state index contributed by atoms with van der Waals surface area (Å²) in [5.74, 6) is 2.91. The lowest BCUT2D eigenvalue weighted by molar-refractivity contribution is -0.136. The molecule has 0 saturated carbocycles. The zero-order chi connectivity index (χ0) is 20.3. The van der Waals surface area contributed by atoms with Crippen molar-refractivity contribution in [2.24, 2.45) is 0 Å². The lowest BCUT2D eigenvalue weighted by atomic mass is 10.2. The van der Waals surface area contributed by atoms with Crippen LogP contribution in [0.25, 0.3) is 0 Å². The predicted molar refractivity (Wildman–Crippen MR) is 132 cm³/mol. The fourth-order valence-corrected chi connectivity index (χ4v) is 4.56. The van der Waals surface area contributed by atoms with Crippen LogP contribution in [0.4, 0.5) is 0 Å². The summed E-state index contributed by atoms with van der Waals surface area (Å²) in [5, 5.41) is 16.3. The Labute approximate surface area is 190 Å². The van der Waals surface area contributed by atoms with Crippen LogP contribution in [0.2, 0.25) is 0 Å². The van der Waals surface area contributed by atoms with Crippen molar-refractivity contribution in [2.75, 3.05) is 23.0 Å². The highest BCUT2D eigenvalue weighted by molar-refractivity contribution is 8.13. The largest absolute Gasteiger partial charge is 0.481 e. The molecular formula is C18H26O3S6. The minimum atomic E-state index is -0.770. The van der Waals surface area contributed by atoms with Crippen molar-refractivity contribution < 1.29 is 14.7 Å². The van der Waals surface area contributed by atoms with Gasteiger partial charge in [-0.2, -0.15) is 60.6 Å². The number of thiophene rings is 2. The van der Waals surface area contributed by atoms with Crippen LogP contribution in [-0.4, -0.2) is 39.2 Å². The van der Waals surface area contributed by atoms with E-state index in [9.17, 15) is 9.59 Å². The molecule has 0 unspecified atom stereocenters. The SMILES string of the molecule is O=C(Cc1ccsc1)SCCCS.O=C(O)Cc1ccsc1.SCCCS. The molecule has 3 nitrogen and oxygen atoms in total. The maximum atomic E-state index is 11.3. The molecule has 27 heavy (non-hydrogen) atoms. The van der Waals surface area contributed by atoms with E-state index in [1.54, 1.807) is 11.3 Å². The van der Waals surface area contributed by atoms with Gasteiger partial charge in [0.05, 0.1) is 6.42 Å². The molecule has 0 spiro atoms. The third-order valence-corrected chi connectivity index (χ3v) is 6.12. The first-order valence-corrected chi connectivity index (χ1v) is 13.0. The summed E-state index contributed by atoms with van der Waals surface area (Å²) in [6.07, 6.45) is 2.83. The molecule has 2 aromatic heterocycles. The normalized spacial score (nSPS) is 9.59. The molecule has 9 heteroatoms. The summed E-state index contributed by atoms with van der Waals surface area (Å²) >= 11 is 16.6. The van der Waals surface area contributed by atoms with Gasteiger partial charge in [-0.15, -0.1) is 0 Å². The van der Waals surface area contributed by atoms with E-state index in [0.29, 0.717) is 6.42 Å². The Morgan fingerprint density at radius 2 is 1.41 bits per heavy atom. The van der Waals surface area contributed by atoms with Crippen molar-refractivity contribution >= 4 is 83.4 Å². The van der Waals surface area contributed by atoms with Crippen molar-refractivity contribution in [3.63, 3.8) is 0 Å². The standard InChI is InChI=1S/C9H12OS3.C6H6O2S.C3H8S2/c10-9(13-4-1-3-11)6-8-2-5-12-7-8;7-6(8)3-5-1-2-9-4-5;4-2-1-3-5/h2,5,7,11H,1,3-4,6H2;1-2,4H,3H2,(H,7,8);4-5H,1-3H2. The third-order valence-electron chi connectivity index (χ3n) is 2.75. The molecule has 0 radical (unpaired) electrons. The van der Waals surface area contributed by atoms with Crippen molar-refractivity contribution in [1.82, 2.24) is 0 Å². The maximum Gasteiger partial charge on any atom is 0.307 e. The molecule has 0 saturated heterocycles. The highest BCUT2D eigenvalue weighted by atomic mass is 32.2. The van der Waals surface area contributed by atoms with Crippen LogP contribution >= 0.6 is 72.3 Å². The Morgan fingerprint density at radius 3 is 1.78 bits per heavy atom. The van der Waals surface area contributed by atoms with E-state index >= 15 is 0 Å². The van der Waals surface area contributed by atoms with Gasteiger partial charge in [0.1, 0.15) is 0 Å². The second kappa shape index (κ2) is 19.3. The Bertz CT molecular complexity index is 582. The minimum Gasteiger partial charge on any atom is -0.481 e. The summed E-state index contributed by atoms with van der Waals surface area (Å²) in [6.45, 7) is 0. The van der Waals surface area contributed by atoms with Crippen LogP contribution in [0.3, 0.4) is 0 Å². The van der Waals surface area contributed by atoms with Gasteiger partial charge in [-0.3, -0.25) is 9.59 Å². The topological polar surface area (TPSA) is 54.4 Å². The zero-order valence-electron chi connectivity index (χ0n) is 15.0. The van der Waals surface area contributed by atoms with E-state index in [-0.39, 0.29) is 11.5 Å². The molecule has 0 bridgehead atoms. The number of hydrogen-bond donors (Lipinski definition) is 4. The van der Waals surface area contributed by atoms with Crippen LogP contribution in [-0.2, 0) is 22.4 Å². The number of carbonyl (C=O) groups is 2. The molecule has 2 heterocycles. The van der Waals surface area contributed by atoms with Crippen LogP contribution in [0.5, 0.6) is 0 Å². The van der Waals surface area contributed by atoms with E-state index in [1.807, 2.05) is 33.7 Å². The second-order valence-corrected chi connectivity index (χ2v) is 9.16. The first-order chi connectivity index (χ1) is 13.0. The molecule has 0 fully saturated rings. The van der Waals surface area contributed by atoms with Gasteiger partial charge >= 0.3 is 5.97 Å². The molecule has 1 N–H and O–H groups in total. The number of rotatable bonds is 9. The minimum absolute atomic E-state index is 0.142. The summed E-state index contributed by atoms with van der Waals surface area (Å²) in [7, 11) is 0. The molecule has 0 atom stereocenters. The van der Waals surface area contributed by atoms with Gasteiger partial charge in [-0.05, 0) is 74.9 Å². The fourth-order valence-electron chi connectivity index (χ4n) is 1.50. The Morgan fingerprint density at radius 1 is 0.889 bits per heavy atom. The van der Waals surface area contributed by atoms with Gasteiger partial charge in [0, 0.05) is 12.2 Å². The van der Waals surface area contributed by atoms with Gasteiger partial charge in [-0.25, -0.2) is 0 Å². The molecule has 0 aliphatic carbocycles. The van der Waals surface area contributed by atoms with E-state index < -0.39 is 5.97 Å². The van der Waals surface area contributed by atoms with Gasteiger partial charge in [0.25, 0.3) is 0 Å². The van der Waals surface area contributed by atoms with Crippen LogP contribution in [0.1, 0.15) is 24.0 Å². The number of thioether (sulfide) groups is 1. The Hall–Kier alpha value is -0.0600. The van der Waals surface area contributed by atoms with E-state index in [1.165, 1.54) is 23.1 Å². The maximum absolute atomic E-state index is 11.3. The summed E-state index contributed by atoms with van der Waals surface area (Å²) in [4.78, 5) is 21.4. The number of carboxylic acids is 1. The van der Waals surface area contributed by atoms with Crippen molar-refractivity contribution in [3.8, 4) is 0 Å². The molecule has 2 rings (SSSR count). The van der Waals surface area contributed by atoms with Crippen molar-refractivity contribution in [3.05, 3.63) is 44.8 Å². The zero-order valence-corrected chi connectivity index (χ0v) is 20.1. The third kappa shape index (κ3) is 17.8. The van der Waals surface area contributed by atoms with Gasteiger partial charge in [0.2, 0.25) is 0 Å². The average molecular weight is 483 g/mol. The van der Waals surface area contributed by atoms with Gasteiger partial charge in [0.15, 0.2) is 5.12 Å². The van der Waals surface area contributed by atoms with Gasteiger partial charge in [-0.1, -0.05) is 11.8 Å². The lowest BCUT2D eigenvalue weighted by Crippen LogP contribution is -1.97. The molecule has 2 aromatic rings. The highest BCUT2D eigenvalue weighted by Crippen LogP contribution is 2.13. The monoisotopic (exact) mass is 482 g/mol. The van der Waals surface area contributed by atoms with Crippen LogP contribution in [0, 0.1) is 0 Å². The van der Waals surface area contributed by atoms with Gasteiger partial charge < -0.3 is 5.11 Å². The molecule has 0 aromatic carbocycles. The smallest absolute Gasteiger partial charge is 0.307 e. The average Bonchev–Trinajstić information content (AvgIpc) is 3.31. The number of thiol groups is 3. The van der Waals surface area contributed by atoms with E-state index in [4.69, 9.17) is 5.11 Å². The molecule has 0 amide bonds. The second-order valence-electron chi connectivity index (χ2n) is 5.11. The van der Waals surface area contributed by atoms with E-state index in [2.05, 4.69) is 37.9 Å².